The highest BCUT2D eigenvalue weighted by atomic mass is 19.4. The van der Waals surface area contributed by atoms with Gasteiger partial charge in [0.25, 0.3) is 5.56 Å². The molecule has 0 aliphatic rings. The van der Waals surface area contributed by atoms with Crippen molar-refractivity contribution in [1.29, 1.82) is 0 Å². The molecule has 0 aliphatic carbocycles. The van der Waals surface area contributed by atoms with Gasteiger partial charge in [0, 0.05) is 6.54 Å². The van der Waals surface area contributed by atoms with E-state index in [4.69, 9.17) is 5.73 Å². The molecular weight excluding hydrogens is 229 g/mol. The summed E-state index contributed by atoms with van der Waals surface area (Å²) in [6.07, 6.45) is -4.68. The van der Waals surface area contributed by atoms with Crippen LogP contribution < -0.4 is 16.0 Å². The van der Waals surface area contributed by atoms with Gasteiger partial charge in [-0.3, -0.25) is 9.59 Å². The van der Waals surface area contributed by atoms with Crippen molar-refractivity contribution in [2.75, 3.05) is 0 Å². The molecule has 1 heterocycles. The molecule has 0 saturated carbocycles. The van der Waals surface area contributed by atoms with Gasteiger partial charge in [0.2, 0.25) is 0 Å². The first kappa shape index (κ1) is 12.2. The number of alkyl halides is 3. The number of hydrogen-bond acceptors (Lipinski definition) is 4. The molecule has 0 aliphatic heterocycles. The van der Waals surface area contributed by atoms with E-state index in [0.717, 1.165) is 6.07 Å². The molecule has 0 bridgehead atoms. The summed E-state index contributed by atoms with van der Waals surface area (Å²) in [4.78, 5) is 23.4. The number of aldehydes is 1. The van der Waals surface area contributed by atoms with Crippen LogP contribution in [0.5, 0.6) is 5.75 Å². The van der Waals surface area contributed by atoms with E-state index in [9.17, 15) is 22.8 Å². The second-order valence-corrected chi connectivity index (χ2v) is 2.77. The van der Waals surface area contributed by atoms with E-state index in [0.29, 0.717) is 6.29 Å². The van der Waals surface area contributed by atoms with Crippen molar-refractivity contribution >= 4 is 6.29 Å². The quantitative estimate of drug-likeness (QED) is 0.750. The van der Waals surface area contributed by atoms with E-state index in [-0.39, 0.29) is 17.8 Å². The fourth-order valence-corrected chi connectivity index (χ4v) is 1.04. The molecule has 0 amide bonds. The van der Waals surface area contributed by atoms with Gasteiger partial charge in [-0.15, -0.1) is 13.2 Å². The van der Waals surface area contributed by atoms with Crippen molar-refractivity contribution in [2.45, 2.75) is 12.9 Å². The third-order valence-corrected chi connectivity index (χ3v) is 1.69. The number of halogens is 3. The van der Waals surface area contributed by atoms with Crippen molar-refractivity contribution < 1.29 is 22.7 Å². The summed E-state index contributed by atoms with van der Waals surface area (Å²) in [5, 5.41) is 0. The summed E-state index contributed by atoms with van der Waals surface area (Å²) in [6, 6.07) is 0.788. The molecule has 0 fully saturated rings. The van der Waals surface area contributed by atoms with Crippen molar-refractivity contribution in [3.63, 3.8) is 0 Å². The molecule has 0 atom stereocenters. The fraction of sp³-hybridized carbons (Fsp3) is 0.250. The van der Waals surface area contributed by atoms with Crippen LogP contribution >= 0.6 is 0 Å². The summed E-state index contributed by atoms with van der Waals surface area (Å²) in [6.45, 7) is -0.195. The van der Waals surface area contributed by atoms with Gasteiger partial charge in [0.15, 0.2) is 12.0 Å². The van der Waals surface area contributed by atoms with E-state index in [2.05, 4.69) is 4.74 Å². The van der Waals surface area contributed by atoms with Gasteiger partial charge in [0.05, 0.1) is 5.69 Å². The van der Waals surface area contributed by atoms with Gasteiger partial charge in [-0.1, -0.05) is 0 Å². The first-order valence-electron chi connectivity index (χ1n) is 4.04. The van der Waals surface area contributed by atoms with E-state index in [1.54, 1.807) is 0 Å². The van der Waals surface area contributed by atoms with E-state index in [1.807, 2.05) is 4.98 Å². The third kappa shape index (κ3) is 2.83. The number of carbonyl (C=O) groups is 1. The number of nitrogens with one attached hydrogen (secondary N) is 1. The summed E-state index contributed by atoms with van der Waals surface area (Å²) in [5.74, 6) is -0.946. The molecule has 0 aromatic carbocycles. The lowest BCUT2D eigenvalue weighted by molar-refractivity contribution is -0.275. The Bertz CT molecular complexity index is 453. The Hall–Kier alpha value is -1.83. The second-order valence-electron chi connectivity index (χ2n) is 2.77. The van der Waals surface area contributed by atoms with Crippen molar-refractivity contribution in [1.82, 2.24) is 4.98 Å². The number of nitrogens with two attached hydrogens (primary N) is 1. The minimum atomic E-state index is -4.97. The van der Waals surface area contributed by atoms with Crippen LogP contribution in [-0.4, -0.2) is 17.6 Å². The predicted molar refractivity (Wildman–Crippen MR) is 47.0 cm³/mol. The maximum absolute atomic E-state index is 11.9. The lowest BCUT2D eigenvalue weighted by Gasteiger charge is -2.09. The molecule has 1 aromatic heterocycles. The van der Waals surface area contributed by atoms with E-state index in [1.165, 1.54) is 0 Å². The molecule has 16 heavy (non-hydrogen) atoms. The molecule has 0 saturated heterocycles. The Morgan fingerprint density at radius 2 is 2.12 bits per heavy atom. The molecule has 8 heteroatoms. The normalized spacial score (nSPS) is 11.2. The molecule has 0 spiro atoms. The molecule has 1 aromatic rings. The van der Waals surface area contributed by atoms with Crippen molar-refractivity contribution in [2.24, 2.45) is 5.73 Å². The minimum Gasteiger partial charge on any atom is -0.400 e. The Kier molecular flexibility index (Phi) is 3.33. The van der Waals surface area contributed by atoms with Crippen molar-refractivity contribution in [3.05, 3.63) is 27.7 Å². The van der Waals surface area contributed by atoms with Gasteiger partial charge in [-0.2, -0.15) is 0 Å². The maximum Gasteiger partial charge on any atom is 0.573 e. The van der Waals surface area contributed by atoms with Gasteiger partial charge in [0.1, 0.15) is 0 Å². The molecule has 5 nitrogen and oxygen atoms in total. The first-order valence-corrected chi connectivity index (χ1v) is 4.04. The zero-order valence-electron chi connectivity index (χ0n) is 7.80. The third-order valence-electron chi connectivity index (χ3n) is 1.69. The van der Waals surface area contributed by atoms with E-state index < -0.39 is 17.7 Å². The smallest absolute Gasteiger partial charge is 0.400 e. The zero-order chi connectivity index (χ0) is 12.3. The summed E-state index contributed by atoms with van der Waals surface area (Å²) in [5.41, 5.74) is 3.95. The topological polar surface area (TPSA) is 85.2 Å². The SMILES string of the molecule is NCc1cc(OC(F)(F)F)c(=O)[nH]c1C=O. The maximum atomic E-state index is 11.9. The Morgan fingerprint density at radius 1 is 1.50 bits per heavy atom. The molecule has 0 unspecified atom stereocenters. The largest absolute Gasteiger partial charge is 0.573 e. The summed E-state index contributed by atoms with van der Waals surface area (Å²) < 4.78 is 39.1. The lowest BCUT2D eigenvalue weighted by Crippen LogP contribution is -2.24. The molecule has 1 rings (SSSR count). The number of rotatable bonds is 3. The number of pyridine rings is 1. The number of carbonyl (C=O) groups excluding carboxylic acids is 1. The highest BCUT2D eigenvalue weighted by Crippen LogP contribution is 2.20. The average molecular weight is 236 g/mol. The average Bonchev–Trinajstić information content (AvgIpc) is 2.18. The van der Waals surface area contributed by atoms with Gasteiger partial charge in [-0.25, -0.2) is 0 Å². The summed E-state index contributed by atoms with van der Waals surface area (Å²) >= 11 is 0. The Labute approximate surface area is 87.0 Å². The van der Waals surface area contributed by atoms with Crippen LogP contribution in [0.1, 0.15) is 16.1 Å². The van der Waals surface area contributed by atoms with Crippen LogP contribution in [0, 0.1) is 0 Å². The molecule has 0 radical (unpaired) electrons. The highest BCUT2D eigenvalue weighted by Gasteiger charge is 2.32. The van der Waals surface area contributed by atoms with Crippen LogP contribution in [0.2, 0.25) is 0 Å². The van der Waals surface area contributed by atoms with Crippen LogP contribution in [0.3, 0.4) is 0 Å². The van der Waals surface area contributed by atoms with Crippen LogP contribution in [0.4, 0.5) is 13.2 Å². The first-order chi connectivity index (χ1) is 7.37. The Balaban J connectivity index is 3.22. The van der Waals surface area contributed by atoms with Gasteiger partial charge >= 0.3 is 6.36 Å². The van der Waals surface area contributed by atoms with Crippen LogP contribution in [-0.2, 0) is 6.54 Å². The Morgan fingerprint density at radius 3 is 2.56 bits per heavy atom. The van der Waals surface area contributed by atoms with Crippen molar-refractivity contribution in [3.8, 4) is 5.75 Å². The number of hydrogen-bond donors (Lipinski definition) is 2. The fourth-order valence-electron chi connectivity index (χ4n) is 1.04. The highest BCUT2D eigenvalue weighted by molar-refractivity contribution is 5.74. The zero-order valence-corrected chi connectivity index (χ0v) is 7.80. The minimum absolute atomic E-state index is 0.0638. The number of aromatic amines is 1. The van der Waals surface area contributed by atoms with Crippen LogP contribution in [0.15, 0.2) is 10.9 Å². The standard InChI is InChI=1S/C8H7F3N2O3/c9-8(10,11)16-6-1-4(2-12)5(3-14)13-7(6)15/h1,3H,2,12H2,(H,13,15). The second kappa shape index (κ2) is 4.35. The van der Waals surface area contributed by atoms with Gasteiger partial charge < -0.3 is 15.5 Å². The van der Waals surface area contributed by atoms with Gasteiger partial charge in [-0.05, 0) is 11.6 Å². The summed E-state index contributed by atoms with van der Waals surface area (Å²) in [7, 11) is 0. The predicted octanol–water partition coefficient (Wildman–Crippen LogP) is 0.545. The number of aromatic nitrogens is 1. The monoisotopic (exact) mass is 236 g/mol. The molecular formula is C8H7F3N2O3. The van der Waals surface area contributed by atoms with Crippen LogP contribution in [0.25, 0.3) is 0 Å². The number of ether oxygens (including phenoxy) is 1. The molecule has 3 N–H and O–H groups in total. The molecule has 88 valence electrons. The lowest BCUT2D eigenvalue weighted by atomic mass is 10.2. The van der Waals surface area contributed by atoms with E-state index >= 15 is 0 Å². The number of H-pyrrole nitrogens is 1.